The molecule has 0 bridgehead atoms. The van der Waals surface area contributed by atoms with Gasteiger partial charge < -0.3 is 10.9 Å². The van der Waals surface area contributed by atoms with Gasteiger partial charge in [0, 0.05) is 10.8 Å². The lowest BCUT2D eigenvalue weighted by molar-refractivity contribution is 1.45. The molecule has 0 amide bonds. The topological polar surface area (TPSA) is 24.1 Å². The number of hydrogen-bond acceptors (Lipinski definition) is 2. The zero-order chi connectivity index (χ0) is 14.8. The van der Waals surface area contributed by atoms with Crippen LogP contribution >= 0.6 is 0 Å². The van der Waals surface area contributed by atoms with E-state index < -0.39 is 0 Å². The highest BCUT2D eigenvalue weighted by Gasteiger charge is 2.02. The lowest BCUT2D eigenvalue weighted by atomic mass is 10.1. The van der Waals surface area contributed by atoms with Crippen molar-refractivity contribution in [2.24, 2.45) is 0 Å². The Hall–Kier alpha value is -3.00. The number of hydrazine groups is 1. The van der Waals surface area contributed by atoms with Crippen LogP contribution in [0.4, 0.5) is 11.4 Å². The summed E-state index contributed by atoms with van der Waals surface area (Å²) < 4.78 is 0. The van der Waals surface area contributed by atoms with Crippen LogP contribution in [0.15, 0.2) is 84.9 Å². The molecule has 0 spiro atoms. The van der Waals surface area contributed by atoms with Crippen molar-refractivity contribution >= 4 is 32.9 Å². The highest BCUT2D eigenvalue weighted by atomic mass is 15.4. The molecule has 4 aromatic carbocycles. The largest absolute Gasteiger partial charge is 0.300 e. The maximum absolute atomic E-state index is 3.35. The summed E-state index contributed by atoms with van der Waals surface area (Å²) in [5.74, 6) is 0. The highest BCUT2D eigenvalue weighted by Crippen LogP contribution is 2.26. The third-order valence-electron chi connectivity index (χ3n) is 3.91. The Morgan fingerprint density at radius 2 is 0.818 bits per heavy atom. The van der Waals surface area contributed by atoms with E-state index in [9.17, 15) is 0 Å². The van der Waals surface area contributed by atoms with Crippen LogP contribution in [0.1, 0.15) is 0 Å². The summed E-state index contributed by atoms with van der Waals surface area (Å²) in [6, 6.07) is 29.3. The summed E-state index contributed by atoms with van der Waals surface area (Å²) in [5, 5.41) is 4.87. The van der Waals surface area contributed by atoms with Crippen LogP contribution in [0.5, 0.6) is 0 Å². The molecule has 0 saturated carbocycles. The van der Waals surface area contributed by atoms with E-state index in [-0.39, 0.29) is 0 Å². The minimum atomic E-state index is 1.08. The molecule has 2 nitrogen and oxygen atoms in total. The Kier molecular flexibility index (Phi) is 3.13. The van der Waals surface area contributed by atoms with Gasteiger partial charge in [0.1, 0.15) is 0 Å². The molecular formula is C20H16N2. The molecule has 0 aromatic heterocycles. The average molecular weight is 284 g/mol. The van der Waals surface area contributed by atoms with Gasteiger partial charge >= 0.3 is 0 Å². The maximum atomic E-state index is 3.35. The lowest BCUT2D eigenvalue weighted by Crippen LogP contribution is -2.09. The third kappa shape index (κ3) is 2.25. The van der Waals surface area contributed by atoms with Gasteiger partial charge in [-0.05, 0) is 22.9 Å². The van der Waals surface area contributed by atoms with Crippen molar-refractivity contribution in [1.82, 2.24) is 0 Å². The summed E-state index contributed by atoms with van der Waals surface area (Å²) in [4.78, 5) is 0. The zero-order valence-corrected chi connectivity index (χ0v) is 12.1. The molecule has 0 aliphatic carbocycles. The maximum Gasteiger partial charge on any atom is 0.0618 e. The first-order valence-corrected chi connectivity index (χ1v) is 7.39. The predicted octanol–water partition coefficient (Wildman–Crippen LogP) is 5.43. The first-order valence-electron chi connectivity index (χ1n) is 7.39. The van der Waals surface area contributed by atoms with Crippen LogP contribution in [0.3, 0.4) is 0 Å². The highest BCUT2D eigenvalue weighted by molar-refractivity contribution is 5.96. The van der Waals surface area contributed by atoms with Crippen molar-refractivity contribution in [3.8, 4) is 0 Å². The van der Waals surface area contributed by atoms with Gasteiger partial charge in [0.25, 0.3) is 0 Å². The molecule has 0 atom stereocenters. The number of nitrogens with one attached hydrogen (secondary N) is 2. The molecule has 0 unspecified atom stereocenters. The third-order valence-corrected chi connectivity index (χ3v) is 3.91. The molecule has 4 aromatic rings. The van der Waals surface area contributed by atoms with Gasteiger partial charge in [-0.2, -0.15) is 0 Å². The molecule has 0 saturated heterocycles. The molecule has 0 fully saturated rings. The summed E-state index contributed by atoms with van der Waals surface area (Å²) in [6.07, 6.45) is 0. The fourth-order valence-corrected chi connectivity index (χ4v) is 2.80. The summed E-state index contributed by atoms with van der Waals surface area (Å²) >= 11 is 0. The molecule has 0 heterocycles. The number of hydrogen-bond donors (Lipinski definition) is 2. The molecule has 0 aliphatic heterocycles. The van der Waals surface area contributed by atoms with Gasteiger partial charge in [-0.3, -0.25) is 0 Å². The van der Waals surface area contributed by atoms with Gasteiger partial charge in [-0.25, -0.2) is 0 Å². The van der Waals surface area contributed by atoms with Crippen LogP contribution < -0.4 is 10.9 Å². The SMILES string of the molecule is c1ccc2c(NNc3cccc4ccccc34)cccc2c1. The van der Waals surface area contributed by atoms with Gasteiger partial charge in [0.15, 0.2) is 0 Å². The molecule has 106 valence electrons. The second-order valence-electron chi connectivity index (χ2n) is 5.30. The van der Waals surface area contributed by atoms with E-state index in [2.05, 4.69) is 95.8 Å². The van der Waals surface area contributed by atoms with E-state index >= 15 is 0 Å². The van der Waals surface area contributed by atoms with Crippen LogP contribution in [0.2, 0.25) is 0 Å². The first kappa shape index (κ1) is 12.7. The van der Waals surface area contributed by atoms with E-state index in [0.29, 0.717) is 0 Å². The van der Waals surface area contributed by atoms with Crippen LogP contribution in [-0.2, 0) is 0 Å². The molecule has 0 aliphatic rings. The minimum absolute atomic E-state index is 1.08. The zero-order valence-electron chi connectivity index (χ0n) is 12.1. The number of rotatable bonds is 3. The van der Waals surface area contributed by atoms with Gasteiger partial charge in [-0.15, -0.1) is 0 Å². The monoisotopic (exact) mass is 284 g/mol. The molecule has 4 rings (SSSR count). The lowest BCUT2D eigenvalue weighted by Gasteiger charge is -2.14. The second-order valence-corrected chi connectivity index (χ2v) is 5.30. The Morgan fingerprint density at radius 1 is 0.409 bits per heavy atom. The summed E-state index contributed by atoms with van der Waals surface area (Å²) in [6.45, 7) is 0. The van der Waals surface area contributed by atoms with Crippen molar-refractivity contribution < 1.29 is 0 Å². The summed E-state index contributed by atoms with van der Waals surface area (Å²) in [7, 11) is 0. The quantitative estimate of drug-likeness (QED) is 0.490. The Morgan fingerprint density at radius 3 is 1.32 bits per heavy atom. The number of benzene rings is 4. The van der Waals surface area contributed by atoms with E-state index in [0.717, 1.165) is 11.4 Å². The van der Waals surface area contributed by atoms with Gasteiger partial charge in [0.2, 0.25) is 0 Å². The fraction of sp³-hybridized carbons (Fsp3) is 0. The molecule has 22 heavy (non-hydrogen) atoms. The van der Waals surface area contributed by atoms with Crippen LogP contribution in [0, 0.1) is 0 Å². The predicted molar refractivity (Wildman–Crippen MR) is 95.1 cm³/mol. The number of fused-ring (bicyclic) bond motifs is 2. The van der Waals surface area contributed by atoms with Crippen molar-refractivity contribution in [3.63, 3.8) is 0 Å². The van der Waals surface area contributed by atoms with Crippen molar-refractivity contribution in [1.29, 1.82) is 0 Å². The Balaban J connectivity index is 1.69. The van der Waals surface area contributed by atoms with E-state index in [1.807, 2.05) is 0 Å². The second kappa shape index (κ2) is 5.41. The van der Waals surface area contributed by atoms with Crippen molar-refractivity contribution in [2.45, 2.75) is 0 Å². The molecule has 2 heteroatoms. The van der Waals surface area contributed by atoms with Crippen LogP contribution in [-0.4, -0.2) is 0 Å². The fourth-order valence-electron chi connectivity index (χ4n) is 2.80. The Bertz CT molecular complexity index is 854. The van der Waals surface area contributed by atoms with Gasteiger partial charge in [0.05, 0.1) is 11.4 Å². The van der Waals surface area contributed by atoms with Crippen LogP contribution in [0.25, 0.3) is 21.5 Å². The summed E-state index contributed by atoms with van der Waals surface area (Å²) in [5.41, 5.74) is 8.84. The molecule has 2 N–H and O–H groups in total. The first-order chi connectivity index (χ1) is 10.9. The van der Waals surface area contributed by atoms with Gasteiger partial charge in [-0.1, -0.05) is 72.8 Å². The molecule has 0 radical (unpaired) electrons. The van der Waals surface area contributed by atoms with Crippen molar-refractivity contribution in [2.75, 3.05) is 10.9 Å². The van der Waals surface area contributed by atoms with Crippen molar-refractivity contribution in [3.05, 3.63) is 84.9 Å². The Labute approximate surface area is 129 Å². The van der Waals surface area contributed by atoms with E-state index in [1.165, 1.54) is 21.5 Å². The average Bonchev–Trinajstić information content (AvgIpc) is 2.60. The number of anilines is 2. The minimum Gasteiger partial charge on any atom is -0.300 e. The van der Waals surface area contributed by atoms with E-state index in [1.54, 1.807) is 0 Å². The smallest absolute Gasteiger partial charge is 0.0618 e. The molecular weight excluding hydrogens is 268 g/mol. The standard InChI is InChI=1S/C20H16N2/c1-3-11-17-15(7-1)9-5-13-19(17)21-22-20-14-6-10-16-8-2-4-12-18(16)20/h1-14,21-22H. The normalized spacial score (nSPS) is 10.7. The van der Waals surface area contributed by atoms with E-state index in [4.69, 9.17) is 0 Å².